The van der Waals surface area contributed by atoms with Crippen molar-refractivity contribution < 1.29 is 38.4 Å². The van der Waals surface area contributed by atoms with Crippen LogP contribution in [0.3, 0.4) is 0 Å². The number of hydrogen-bond donors (Lipinski definition) is 3. The van der Waals surface area contributed by atoms with E-state index in [1.165, 1.54) is 29.8 Å². The Hall–Kier alpha value is -3.96. The molecule has 0 bridgehead atoms. The lowest BCUT2D eigenvalue weighted by Crippen LogP contribution is -2.49. The molecule has 2 unspecified atom stereocenters. The summed E-state index contributed by atoms with van der Waals surface area (Å²) >= 11 is 0. The third-order valence-corrected chi connectivity index (χ3v) is 7.97. The van der Waals surface area contributed by atoms with Gasteiger partial charge in [0.05, 0.1) is 12.7 Å². The largest absolute Gasteiger partial charge is 0.478 e. The van der Waals surface area contributed by atoms with Gasteiger partial charge in [0, 0.05) is 57.3 Å². The van der Waals surface area contributed by atoms with Crippen molar-refractivity contribution in [2.24, 2.45) is 5.92 Å². The van der Waals surface area contributed by atoms with E-state index in [4.69, 9.17) is 14.9 Å². The molecule has 2 aliphatic rings. The topological polar surface area (TPSA) is 111 Å². The van der Waals surface area contributed by atoms with Crippen LogP contribution in [0, 0.1) is 17.6 Å². The Kier molecular flexibility index (Phi) is 12.1. The first-order valence-electron chi connectivity index (χ1n) is 14.7. The fourth-order valence-corrected chi connectivity index (χ4v) is 5.62. The Labute approximate surface area is 255 Å². The second-order valence-electron chi connectivity index (χ2n) is 10.9. The highest BCUT2D eigenvalue weighted by Gasteiger charge is 2.30. The minimum absolute atomic E-state index is 0.280. The highest BCUT2D eigenvalue weighted by Crippen LogP contribution is 2.35. The van der Waals surface area contributed by atoms with Gasteiger partial charge in [-0.25, -0.2) is 18.4 Å². The van der Waals surface area contributed by atoms with Crippen molar-refractivity contribution in [1.29, 1.82) is 0 Å². The zero-order valence-electron chi connectivity index (χ0n) is 24.4. The van der Waals surface area contributed by atoms with Gasteiger partial charge in [0.25, 0.3) is 0 Å². The van der Waals surface area contributed by atoms with Crippen molar-refractivity contribution in [3.8, 4) is 0 Å². The van der Waals surface area contributed by atoms with E-state index in [9.17, 15) is 23.5 Å². The molecule has 10 heteroatoms. The molecule has 0 saturated carbocycles. The number of hydrogen-bond acceptors (Lipinski definition) is 6. The Bertz CT molecular complexity index is 1330. The number of aliphatic carboxylic acids is 2. The number of aliphatic hydroxyl groups is 1. The van der Waals surface area contributed by atoms with Crippen molar-refractivity contribution in [3.63, 3.8) is 0 Å². The quantitative estimate of drug-likeness (QED) is 0.285. The number of aryl methyl sites for hydroxylation is 1. The highest BCUT2D eigenvalue weighted by atomic mass is 19.1. The summed E-state index contributed by atoms with van der Waals surface area (Å²) < 4.78 is 33.2. The number of rotatable bonds is 10. The summed E-state index contributed by atoms with van der Waals surface area (Å²) in [5, 5.41) is 26.5. The van der Waals surface area contributed by atoms with Gasteiger partial charge in [-0.05, 0) is 59.4 Å². The predicted octanol–water partition coefficient (Wildman–Crippen LogP) is 4.70. The molecule has 3 aromatic carbocycles. The standard InChI is InChI=1S/C30H34F2N2O2.C4H4O4/c31-26-11-7-23(8-12-26)30(24-9-13-27(32)14-10-24)36-20-19-33-15-17-34(18-16-33)21-25-6-5-22-3-1-2-4-28(22)29(25)35;5-3(6)1-2-4(7)8/h1-4,7-14,25,29-30,35H,5-6,15-21H2;1-2H,(H,5,6)(H,7,8)/b;2-1-. The molecular weight excluding hydrogens is 570 g/mol. The van der Waals surface area contributed by atoms with Gasteiger partial charge in [-0.2, -0.15) is 0 Å². The summed E-state index contributed by atoms with van der Waals surface area (Å²) in [6, 6.07) is 20.9. The van der Waals surface area contributed by atoms with Gasteiger partial charge < -0.3 is 25.0 Å². The van der Waals surface area contributed by atoms with Crippen molar-refractivity contribution in [2.75, 3.05) is 45.9 Å². The van der Waals surface area contributed by atoms with E-state index in [2.05, 4.69) is 28.0 Å². The second-order valence-corrected chi connectivity index (χ2v) is 10.9. The van der Waals surface area contributed by atoms with Crippen LogP contribution < -0.4 is 0 Å². The normalized spacial score (nSPS) is 18.9. The predicted molar refractivity (Wildman–Crippen MR) is 161 cm³/mol. The molecular formula is C34H38F2N2O6. The number of fused-ring (bicyclic) bond motifs is 1. The van der Waals surface area contributed by atoms with Crippen LogP contribution in [0.15, 0.2) is 84.9 Å². The van der Waals surface area contributed by atoms with Crippen LogP contribution >= 0.6 is 0 Å². The molecule has 3 aromatic rings. The number of benzene rings is 3. The lowest BCUT2D eigenvalue weighted by Gasteiger charge is -2.39. The van der Waals surface area contributed by atoms with Crippen LogP contribution in [0.4, 0.5) is 8.78 Å². The average molecular weight is 609 g/mol. The van der Waals surface area contributed by atoms with Gasteiger partial charge in [0.1, 0.15) is 17.7 Å². The first-order chi connectivity index (χ1) is 21.2. The Balaban J connectivity index is 0.000000488. The maximum atomic E-state index is 13.5. The lowest BCUT2D eigenvalue weighted by molar-refractivity contribution is -0.134. The third-order valence-electron chi connectivity index (χ3n) is 7.97. The molecule has 1 saturated heterocycles. The maximum Gasteiger partial charge on any atom is 0.328 e. The monoisotopic (exact) mass is 608 g/mol. The van der Waals surface area contributed by atoms with E-state index < -0.39 is 11.9 Å². The number of piperazine rings is 1. The molecule has 0 aromatic heterocycles. The molecule has 0 spiro atoms. The average Bonchev–Trinajstić information content (AvgIpc) is 3.02. The first kappa shape index (κ1) is 32.9. The number of nitrogens with zero attached hydrogens (tertiary/aromatic N) is 2. The Morgan fingerprint density at radius 3 is 1.89 bits per heavy atom. The van der Waals surface area contributed by atoms with Crippen LogP contribution in [0.25, 0.3) is 0 Å². The summed E-state index contributed by atoms with van der Waals surface area (Å²) in [5.41, 5.74) is 4.08. The number of ether oxygens (including phenoxy) is 1. The van der Waals surface area contributed by atoms with E-state index in [0.717, 1.165) is 68.8 Å². The second kappa shape index (κ2) is 16.2. The molecule has 1 aliphatic carbocycles. The number of halogens is 2. The maximum absolute atomic E-state index is 13.5. The van der Waals surface area contributed by atoms with Crippen LogP contribution in [0.2, 0.25) is 0 Å². The zero-order valence-corrected chi connectivity index (χ0v) is 24.4. The van der Waals surface area contributed by atoms with Crippen molar-refractivity contribution >= 4 is 11.9 Å². The van der Waals surface area contributed by atoms with Crippen LogP contribution in [0.5, 0.6) is 0 Å². The molecule has 2 atom stereocenters. The molecule has 0 radical (unpaired) electrons. The van der Waals surface area contributed by atoms with E-state index in [1.807, 2.05) is 6.07 Å². The molecule has 5 rings (SSSR count). The highest BCUT2D eigenvalue weighted by molar-refractivity contribution is 5.89. The first-order valence-corrected chi connectivity index (χ1v) is 14.7. The van der Waals surface area contributed by atoms with Crippen LogP contribution in [0.1, 0.15) is 40.9 Å². The van der Waals surface area contributed by atoms with Crippen LogP contribution in [-0.2, 0) is 20.7 Å². The summed E-state index contributed by atoms with van der Waals surface area (Å²) in [6.07, 6.45) is 2.43. The molecule has 0 amide bonds. The smallest absolute Gasteiger partial charge is 0.328 e. The number of carbonyl (C=O) groups is 2. The van der Waals surface area contributed by atoms with E-state index in [-0.39, 0.29) is 29.8 Å². The van der Waals surface area contributed by atoms with Gasteiger partial charge in [-0.1, -0.05) is 48.5 Å². The Morgan fingerprint density at radius 2 is 1.34 bits per heavy atom. The van der Waals surface area contributed by atoms with Crippen molar-refractivity contribution in [3.05, 3.63) is 119 Å². The molecule has 8 nitrogen and oxygen atoms in total. The van der Waals surface area contributed by atoms with E-state index >= 15 is 0 Å². The van der Waals surface area contributed by atoms with Crippen LogP contribution in [-0.4, -0.2) is 82.9 Å². The van der Waals surface area contributed by atoms with Gasteiger partial charge in [-0.3, -0.25) is 4.90 Å². The fourth-order valence-electron chi connectivity index (χ4n) is 5.62. The minimum atomic E-state index is -1.26. The summed E-state index contributed by atoms with van der Waals surface area (Å²) in [4.78, 5) is 24.0. The van der Waals surface area contributed by atoms with Gasteiger partial charge >= 0.3 is 11.9 Å². The molecule has 1 heterocycles. The number of aliphatic hydroxyl groups excluding tert-OH is 1. The fraction of sp³-hybridized carbons (Fsp3) is 0.353. The van der Waals surface area contributed by atoms with Crippen molar-refractivity contribution in [2.45, 2.75) is 25.0 Å². The SMILES string of the molecule is O=C(O)/C=C\C(=O)O.OC1c2ccccc2CCC1CN1CCN(CCOC(c2ccc(F)cc2)c2ccc(F)cc2)CC1. The van der Waals surface area contributed by atoms with Crippen molar-refractivity contribution in [1.82, 2.24) is 9.80 Å². The van der Waals surface area contributed by atoms with E-state index in [1.54, 1.807) is 24.3 Å². The number of carboxylic acids is 2. The molecule has 3 N–H and O–H groups in total. The zero-order chi connectivity index (χ0) is 31.5. The molecule has 1 fully saturated rings. The van der Waals surface area contributed by atoms with Gasteiger partial charge in [0.15, 0.2) is 0 Å². The molecule has 1 aliphatic heterocycles. The minimum Gasteiger partial charge on any atom is -0.478 e. The summed E-state index contributed by atoms with van der Waals surface area (Å²) in [5.74, 6) is -2.82. The van der Waals surface area contributed by atoms with E-state index in [0.29, 0.717) is 18.8 Å². The summed E-state index contributed by atoms with van der Waals surface area (Å²) in [7, 11) is 0. The number of carboxylic acid groups (broad SMARTS) is 2. The van der Waals surface area contributed by atoms with Gasteiger partial charge in [-0.15, -0.1) is 0 Å². The van der Waals surface area contributed by atoms with Gasteiger partial charge in [0.2, 0.25) is 0 Å². The third kappa shape index (κ3) is 9.78. The lowest BCUT2D eigenvalue weighted by atomic mass is 9.81. The molecule has 234 valence electrons. The molecule has 44 heavy (non-hydrogen) atoms. The summed E-state index contributed by atoms with van der Waals surface area (Å²) in [6.45, 7) is 6.12. The Morgan fingerprint density at radius 1 is 0.818 bits per heavy atom.